The Labute approximate surface area is 118 Å². The van der Waals surface area contributed by atoms with Crippen molar-refractivity contribution in [3.63, 3.8) is 0 Å². The van der Waals surface area contributed by atoms with Crippen molar-refractivity contribution in [1.82, 2.24) is 10.2 Å². The predicted molar refractivity (Wildman–Crippen MR) is 75.7 cm³/mol. The minimum atomic E-state index is -0.358. The first-order valence-electron chi connectivity index (χ1n) is 6.92. The van der Waals surface area contributed by atoms with Crippen molar-refractivity contribution in [2.75, 3.05) is 20.2 Å². The van der Waals surface area contributed by atoms with Gasteiger partial charge < -0.3 is 15.0 Å². The first-order valence-corrected chi connectivity index (χ1v) is 6.92. The molecule has 1 heterocycles. The summed E-state index contributed by atoms with van der Waals surface area (Å²) in [6.07, 6.45) is 1.57. The van der Waals surface area contributed by atoms with E-state index in [9.17, 15) is 9.59 Å². The van der Waals surface area contributed by atoms with Gasteiger partial charge in [-0.25, -0.2) is 0 Å². The number of benzene rings is 1. The van der Waals surface area contributed by atoms with E-state index in [1.807, 2.05) is 13.0 Å². The summed E-state index contributed by atoms with van der Waals surface area (Å²) in [7, 11) is 1.60. The smallest absolute Gasteiger partial charge is 0.254 e. The van der Waals surface area contributed by atoms with Gasteiger partial charge in [-0.1, -0.05) is 6.07 Å². The fraction of sp³-hybridized carbons (Fsp3) is 0.467. The first-order chi connectivity index (χ1) is 9.67. The number of rotatable bonds is 4. The standard InChI is InChI=1S/C15H20N2O3/c1-3-20-12-7-4-6-11(10-12)15(19)17-9-5-8-13(17)14(18)16-2/h4,6-7,10,13H,3,5,8-9H2,1-2H3,(H,16,18). The van der Waals surface area contributed by atoms with Crippen molar-refractivity contribution >= 4 is 11.8 Å². The third-order valence-electron chi connectivity index (χ3n) is 3.45. The largest absolute Gasteiger partial charge is 0.494 e. The minimum Gasteiger partial charge on any atom is -0.494 e. The number of nitrogens with one attached hydrogen (secondary N) is 1. The molecule has 2 rings (SSSR count). The van der Waals surface area contributed by atoms with Gasteiger partial charge in [0.25, 0.3) is 5.91 Å². The molecule has 1 aliphatic rings. The van der Waals surface area contributed by atoms with Crippen LogP contribution in [0, 0.1) is 0 Å². The lowest BCUT2D eigenvalue weighted by molar-refractivity contribution is -0.124. The number of ether oxygens (including phenoxy) is 1. The van der Waals surface area contributed by atoms with E-state index in [4.69, 9.17) is 4.74 Å². The third kappa shape index (κ3) is 2.92. The molecule has 1 aromatic carbocycles. The number of amides is 2. The molecule has 1 aromatic rings. The molecule has 0 spiro atoms. The second-order valence-electron chi connectivity index (χ2n) is 4.73. The van der Waals surface area contributed by atoms with E-state index in [0.717, 1.165) is 12.8 Å². The summed E-state index contributed by atoms with van der Waals surface area (Å²) in [6.45, 7) is 3.08. The molecule has 0 aromatic heterocycles. The minimum absolute atomic E-state index is 0.100. The molecular weight excluding hydrogens is 256 g/mol. The van der Waals surface area contributed by atoms with Crippen LogP contribution in [0.1, 0.15) is 30.1 Å². The van der Waals surface area contributed by atoms with E-state index in [1.54, 1.807) is 30.1 Å². The molecule has 2 amide bonds. The highest BCUT2D eigenvalue weighted by Gasteiger charge is 2.33. The first kappa shape index (κ1) is 14.4. The van der Waals surface area contributed by atoms with Gasteiger partial charge in [0.15, 0.2) is 0 Å². The second-order valence-corrected chi connectivity index (χ2v) is 4.73. The van der Waals surface area contributed by atoms with Crippen LogP contribution in [-0.4, -0.2) is 43.0 Å². The highest BCUT2D eigenvalue weighted by Crippen LogP contribution is 2.22. The Morgan fingerprint density at radius 3 is 2.95 bits per heavy atom. The highest BCUT2D eigenvalue weighted by molar-refractivity contribution is 5.98. The van der Waals surface area contributed by atoms with Gasteiger partial charge in [-0.2, -0.15) is 0 Å². The van der Waals surface area contributed by atoms with Crippen LogP contribution in [0.15, 0.2) is 24.3 Å². The van der Waals surface area contributed by atoms with Crippen molar-refractivity contribution in [1.29, 1.82) is 0 Å². The van der Waals surface area contributed by atoms with E-state index in [-0.39, 0.29) is 17.9 Å². The lowest BCUT2D eigenvalue weighted by atomic mass is 10.1. The average molecular weight is 276 g/mol. The van der Waals surface area contributed by atoms with Crippen molar-refractivity contribution in [2.45, 2.75) is 25.8 Å². The van der Waals surface area contributed by atoms with E-state index in [2.05, 4.69) is 5.32 Å². The maximum atomic E-state index is 12.5. The summed E-state index contributed by atoms with van der Waals surface area (Å²) >= 11 is 0. The SMILES string of the molecule is CCOc1cccc(C(=O)N2CCCC2C(=O)NC)c1. The van der Waals surface area contributed by atoms with Crippen LogP contribution in [0.25, 0.3) is 0 Å². The molecule has 5 heteroatoms. The Morgan fingerprint density at radius 1 is 1.45 bits per heavy atom. The van der Waals surface area contributed by atoms with Gasteiger partial charge in [0.1, 0.15) is 11.8 Å². The molecule has 20 heavy (non-hydrogen) atoms. The van der Waals surface area contributed by atoms with Gasteiger partial charge in [0.2, 0.25) is 5.91 Å². The Bertz CT molecular complexity index is 502. The van der Waals surface area contributed by atoms with E-state index in [0.29, 0.717) is 24.5 Å². The molecule has 5 nitrogen and oxygen atoms in total. The van der Waals surface area contributed by atoms with Gasteiger partial charge in [-0.15, -0.1) is 0 Å². The third-order valence-corrected chi connectivity index (χ3v) is 3.45. The van der Waals surface area contributed by atoms with Gasteiger partial charge in [0, 0.05) is 19.2 Å². The lowest BCUT2D eigenvalue weighted by Gasteiger charge is -2.23. The zero-order chi connectivity index (χ0) is 14.5. The van der Waals surface area contributed by atoms with Crippen LogP contribution in [0.3, 0.4) is 0 Å². The Kier molecular flexibility index (Phi) is 4.61. The topological polar surface area (TPSA) is 58.6 Å². The second kappa shape index (κ2) is 6.41. The summed E-state index contributed by atoms with van der Waals surface area (Å²) in [5, 5.41) is 2.62. The van der Waals surface area contributed by atoms with Crippen molar-refractivity contribution in [3.8, 4) is 5.75 Å². The van der Waals surface area contributed by atoms with Gasteiger partial charge in [0.05, 0.1) is 6.61 Å². The highest BCUT2D eigenvalue weighted by atomic mass is 16.5. The van der Waals surface area contributed by atoms with Crippen LogP contribution in [0.2, 0.25) is 0 Å². The van der Waals surface area contributed by atoms with Crippen LogP contribution >= 0.6 is 0 Å². The summed E-state index contributed by atoms with van der Waals surface area (Å²) < 4.78 is 5.40. The molecule has 1 saturated heterocycles. The molecule has 1 N–H and O–H groups in total. The number of carbonyl (C=O) groups excluding carboxylic acids is 2. The maximum absolute atomic E-state index is 12.5. The number of likely N-dealkylation sites (N-methyl/N-ethyl adjacent to an activating group) is 1. The van der Waals surface area contributed by atoms with E-state index in [1.165, 1.54) is 0 Å². The van der Waals surface area contributed by atoms with Crippen LogP contribution in [0.4, 0.5) is 0 Å². The molecule has 0 saturated carbocycles. The van der Waals surface area contributed by atoms with Crippen LogP contribution in [-0.2, 0) is 4.79 Å². The molecule has 1 fully saturated rings. The molecule has 108 valence electrons. The number of hydrogen-bond acceptors (Lipinski definition) is 3. The Hall–Kier alpha value is -2.04. The van der Waals surface area contributed by atoms with E-state index >= 15 is 0 Å². The normalized spacial score (nSPS) is 17.9. The maximum Gasteiger partial charge on any atom is 0.254 e. The molecule has 1 unspecified atom stereocenters. The number of carbonyl (C=O) groups is 2. The molecule has 0 bridgehead atoms. The van der Waals surface area contributed by atoms with Crippen molar-refractivity contribution in [3.05, 3.63) is 29.8 Å². The molecule has 1 atom stereocenters. The van der Waals surface area contributed by atoms with Gasteiger partial charge in [-0.05, 0) is 38.0 Å². The molecule has 1 aliphatic heterocycles. The quantitative estimate of drug-likeness (QED) is 0.905. The summed E-state index contributed by atoms with van der Waals surface area (Å²) in [5.74, 6) is 0.462. The number of hydrogen-bond donors (Lipinski definition) is 1. The number of nitrogens with zero attached hydrogens (tertiary/aromatic N) is 1. The fourth-order valence-electron chi connectivity index (χ4n) is 2.50. The van der Waals surface area contributed by atoms with Crippen molar-refractivity contribution < 1.29 is 14.3 Å². The van der Waals surface area contributed by atoms with Crippen LogP contribution in [0.5, 0.6) is 5.75 Å². The average Bonchev–Trinajstić information content (AvgIpc) is 2.95. The predicted octanol–water partition coefficient (Wildman–Crippen LogP) is 1.44. The molecular formula is C15H20N2O3. The number of likely N-dealkylation sites (tertiary alicyclic amines) is 1. The summed E-state index contributed by atoms with van der Waals surface area (Å²) in [6, 6.07) is 6.74. The van der Waals surface area contributed by atoms with Crippen molar-refractivity contribution in [2.24, 2.45) is 0 Å². The zero-order valence-electron chi connectivity index (χ0n) is 11.9. The lowest BCUT2D eigenvalue weighted by Crippen LogP contribution is -2.44. The van der Waals surface area contributed by atoms with Gasteiger partial charge in [-0.3, -0.25) is 9.59 Å². The van der Waals surface area contributed by atoms with Crippen LogP contribution < -0.4 is 10.1 Å². The molecule has 0 radical (unpaired) electrons. The fourth-order valence-corrected chi connectivity index (χ4v) is 2.50. The summed E-state index contributed by atoms with van der Waals surface area (Å²) in [4.78, 5) is 26.0. The monoisotopic (exact) mass is 276 g/mol. The van der Waals surface area contributed by atoms with Gasteiger partial charge >= 0.3 is 0 Å². The molecule has 0 aliphatic carbocycles. The summed E-state index contributed by atoms with van der Waals surface area (Å²) in [5.41, 5.74) is 0.562. The van der Waals surface area contributed by atoms with E-state index < -0.39 is 0 Å². The zero-order valence-corrected chi connectivity index (χ0v) is 11.9. The Balaban J connectivity index is 2.17. The Morgan fingerprint density at radius 2 is 2.25 bits per heavy atom.